The lowest BCUT2D eigenvalue weighted by Crippen LogP contribution is -2.31. The molecule has 3 heteroatoms. The molecular formula is C10H12FNO. The molecular weight excluding hydrogens is 169 g/mol. The number of nitrogens with two attached hydrogens (primary N) is 1. The topological polar surface area (TPSA) is 46.2 Å². The van der Waals surface area contributed by atoms with Gasteiger partial charge in [-0.15, -0.1) is 0 Å². The molecule has 0 heterocycles. The number of aryl methyl sites for hydroxylation is 1. The van der Waals surface area contributed by atoms with Crippen molar-refractivity contribution in [1.29, 1.82) is 0 Å². The Labute approximate surface area is 76.2 Å². The van der Waals surface area contributed by atoms with E-state index in [1.165, 1.54) is 12.1 Å². The first kappa shape index (κ1) is 8.66. The van der Waals surface area contributed by atoms with Gasteiger partial charge >= 0.3 is 0 Å². The van der Waals surface area contributed by atoms with Gasteiger partial charge in [-0.25, -0.2) is 4.39 Å². The van der Waals surface area contributed by atoms with Crippen LogP contribution >= 0.6 is 0 Å². The summed E-state index contributed by atoms with van der Waals surface area (Å²) in [6.45, 7) is 0. The maximum atomic E-state index is 12.9. The summed E-state index contributed by atoms with van der Waals surface area (Å²) in [5.41, 5.74) is 7.55. The van der Waals surface area contributed by atoms with Gasteiger partial charge in [-0.05, 0) is 36.1 Å². The zero-order valence-corrected chi connectivity index (χ0v) is 7.20. The third-order valence-electron chi connectivity index (χ3n) is 2.59. The van der Waals surface area contributed by atoms with E-state index in [1.807, 2.05) is 0 Å². The van der Waals surface area contributed by atoms with Crippen molar-refractivity contribution in [3.05, 3.63) is 35.1 Å². The third kappa shape index (κ3) is 1.45. The van der Waals surface area contributed by atoms with Gasteiger partial charge in [-0.3, -0.25) is 0 Å². The molecule has 3 N–H and O–H groups in total. The van der Waals surface area contributed by atoms with Crippen molar-refractivity contribution in [3.8, 4) is 0 Å². The van der Waals surface area contributed by atoms with Crippen LogP contribution in [0.3, 0.4) is 0 Å². The van der Waals surface area contributed by atoms with E-state index < -0.39 is 12.1 Å². The molecule has 0 aromatic heterocycles. The first-order valence-corrected chi connectivity index (χ1v) is 4.40. The van der Waals surface area contributed by atoms with E-state index in [9.17, 15) is 9.50 Å². The average Bonchev–Trinajstić information content (AvgIpc) is 2.12. The molecule has 70 valence electrons. The summed E-state index contributed by atoms with van der Waals surface area (Å²) in [6, 6.07) is 4.17. The molecule has 0 spiro atoms. The Kier molecular flexibility index (Phi) is 2.06. The van der Waals surface area contributed by atoms with Crippen molar-refractivity contribution in [2.24, 2.45) is 5.73 Å². The molecule has 0 radical (unpaired) electrons. The molecule has 0 saturated heterocycles. The minimum atomic E-state index is -0.533. The molecule has 1 aliphatic carbocycles. The summed E-state index contributed by atoms with van der Waals surface area (Å²) in [6.07, 6.45) is 0.916. The fourth-order valence-electron chi connectivity index (χ4n) is 1.79. The van der Waals surface area contributed by atoms with Crippen molar-refractivity contribution in [3.63, 3.8) is 0 Å². The lowest BCUT2D eigenvalue weighted by molar-refractivity contribution is 0.128. The summed E-state index contributed by atoms with van der Waals surface area (Å²) < 4.78 is 12.9. The van der Waals surface area contributed by atoms with Crippen LogP contribution < -0.4 is 5.73 Å². The summed E-state index contributed by atoms with van der Waals surface area (Å²) in [7, 11) is 0. The Morgan fingerprint density at radius 3 is 3.00 bits per heavy atom. The Morgan fingerprint density at radius 1 is 1.46 bits per heavy atom. The summed E-state index contributed by atoms with van der Waals surface area (Å²) in [5, 5.41) is 9.47. The highest BCUT2D eigenvalue weighted by Gasteiger charge is 2.24. The highest BCUT2D eigenvalue weighted by atomic mass is 19.1. The van der Waals surface area contributed by atoms with Crippen LogP contribution in [-0.2, 0) is 6.42 Å². The van der Waals surface area contributed by atoms with Gasteiger partial charge in [0.25, 0.3) is 0 Å². The number of hydrogen-bond acceptors (Lipinski definition) is 2. The SMILES string of the molecule is NC1c2cc(F)ccc2CCC1O. The lowest BCUT2D eigenvalue weighted by atomic mass is 9.86. The summed E-state index contributed by atoms with van der Waals surface area (Å²) >= 11 is 0. The van der Waals surface area contributed by atoms with E-state index in [2.05, 4.69) is 0 Å². The molecule has 2 unspecified atom stereocenters. The Balaban J connectivity index is 2.45. The van der Waals surface area contributed by atoms with Gasteiger partial charge in [0.05, 0.1) is 12.1 Å². The number of halogens is 1. The maximum absolute atomic E-state index is 12.9. The second-order valence-electron chi connectivity index (χ2n) is 3.47. The van der Waals surface area contributed by atoms with Crippen molar-refractivity contribution >= 4 is 0 Å². The molecule has 0 amide bonds. The summed E-state index contributed by atoms with van der Waals surface area (Å²) in [4.78, 5) is 0. The molecule has 2 nitrogen and oxygen atoms in total. The van der Waals surface area contributed by atoms with Gasteiger partial charge in [-0.1, -0.05) is 6.07 Å². The minimum Gasteiger partial charge on any atom is -0.391 e. The van der Waals surface area contributed by atoms with Crippen LogP contribution in [0.2, 0.25) is 0 Å². The van der Waals surface area contributed by atoms with Crippen molar-refractivity contribution in [1.82, 2.24) is 0 Å². The van der Waals surface area contributed by atoms with Gasteiger partial charge in [0, 0.05) is 0 Å². The van der Waals surface area contributed by atoms with Gasteiger partial charge in [0.1, 0.15) is 5.82 Å². The van der Waals surface area contributed by atoms with Crippen molar-refractivity contribution < 1.29 is 9.50 Å². The predicted molar refractivity (Wildman–Crippen MR) is 47.7 cm³/mol. The Bertz CT molecular complexity index is 327. The van der Waals surface area contributed by atoms with E-state index in [1.54, 1.807) is 6.07 Å². The van der Waals surface area contributed by atoms with E-state index in [4.69, 9.17) is 5.73 Å². The number of hydrogen-bond donors (Lipinski definition) is 2. The standard InChI is InChI=1S/C10H12FNO/c11-7-3-1-6-2-4-9(13)10(12)8(6)5-7/h1,3,5,9-10,13H,2,4,12H2. The normalized spacial score (nSPS) is 27.0. The van der Waals surface area contributed by atoms with Crippen LogP contribution in [0.5, 0.6) is 0 Å². The Morgan fingerprint density at radius 2 is 2.23 bits per heavy atom. The third-order valence-corrected chi connectivity index (χ3v) is 2.59. The van der Waals surface area contributed by atoms with E-state index >= 15 is 0 Å². The molecule has 1 aromatic rings. The zero-order chi connectivity index (χ0) is 9.42. The Hall–Kier alpha value is -0.930. The number of rotatable bonds is 0. The molecule has 0 aliphatic heterocycles. The van der Waals surface area contributed by atoms with Crippen LogP contribution in [0.1, 0.15) is 23.6 Å². The monoisotopic (exact) mass is 181 g/mol. The van der Waals surface area contributed by atoms with Crippen molar-refractivity contribution in [2.75, 3.05) is 0 Å². The molecule has 1 aromatic carbocycles. The molecule has 1 aliphatic rings. The minimum absolute atomic E-state index is 0.289. The molecule has 2 rings (SSSR count). The quantitative estimate of drug-likeness (QED) is 0.630. The number of aliphatic hydroxyl groups excluding tert-OH is 1. The van der Waals surface area contributed by atoms with Crippen LogP contribution in [0.4, 0.5) is 4.39 Å². The molecule has 0 bridgehead atoms. The maximum Gasteiger partial charge on any atom is 0.123 e. The number of fused-ring (bicyclic) bond motifs is 1. The fourth-order valence-corrected chi connectivity index (χ4v) is 1.79. The lowest BCUT2D eigenvalue weighted by Gasteiger charge is -2.27. The van der Waals surface area contributed by atoms with Crippen LogP contribution in [0.25, 0.3) is 0 Å². The second-order valence-corrected chi connectivity index (χ2v) is 3.47. The molecule has 0 saturated carbocycles. The fraction of sp³-hybridized carbons (Fsp3) is 0.400. The largest absolute Gasteiger partial charge is 0.391 e. The van der Waals surface area contributed by atoms with Crippen molar-refractivity contribution in [2.45, 2.75) is 25.0 Å². The molecule has 2 atom stereocenters. The van der Waals surface area contributed by atoms with Crippen LogP contribution in [-0.4, -0.2) is 11.2 Å². The van der Waals surface area contributed by atoms with Gasteiger partial charge < -0.3 is 10.8 Å². The number of aliphatic hydroxyl groups is 1. The zero-order valence-electron chi connectivity index (χ0n) is 7.20. The first-order valence-electron chi connectivity index (χ1n) is 4.40. The van der Waals surface area contributed by atoms with E-state index in [-0.39, 0.29) is 5.82 Å². The number of benzene rings is 1. The molecule has 0 fully saturated rings. The summed E-state index contributed by atoms with van der Waals surface area (Å²) in [5.74, 6) is -0.289. The van der Waals surface area contributed by atoms with Gasteiger partial charge in [0.15, 0.2) is 0 Å². The predicted octanol–water partition coefficient (Wildman–Crippen LogP) is 1.13. The van der Waals surface area contributed by atoms with Gasteiger partial charge in [-0.2, -0.15) is 0 Å². The van der Waals surface area contributed by atoms with E-state index in [0.717, 1.165) is 17.5 Å². The van der Waals surface area contributed by atoms with Gasteiger partial charge in [0.2, 0.25) is 0 Å². The second kappa shape index (κ2) is 3.09. The van der Waals surface area contributed by atoms with E-state index in [0.29, 0.717) is 6.42 Å². The smallest absolute Gasteiger partial charge is 0.123 e. The van der Waals surface area contributed by atoms with Crippen LogP contribution in [0.15, 0.2) is 18.2 Å². The van der Waals surface area contributed by atoms with Crippen LogP contribution in [0, 0.1) is 5.82 Å². The first-order chi connectivity index (χ1) is 6.18. The molecule has 13 heavy (non-hydrogen) atoms. The highest BCUT2D eigenvalue weighted by molar-refractivity contribution is 5.33. The average molecular weight is 181 g/mol. The highest BCUT2D eigenvalue weighted by Crippen LogP contribution is 2.28.